The van der Waals surface area contributed by atoms with Crippen molar-refractivity contribution < 1.29 is 23.0 Å². The lowest BCUT2D eigenvalue weighted by Gasteiger charge is -2.42. The van der Waals surface area contributed by atoms with Crippen LogP contribution < -0.4 is 15.6 Å². The van der Waals surface area contributed by atoms with Gasteiger partial charge in [-0.05, 0) is 32.0 Å². The standard InChI is InChI=1S/C25H26F2N4O4/c1-14(2)35-21-8-19-15(9-31(29-19)24-10-25(11-24,12-26)34-13-24)6-16(21)22(32)28-18-4-3-5-30(23(18)33)20-7-17(20)27/h3-6,8-9,14,17,20H,7,10-13H2,1-2H3,(H,28,32)/t17-,20+,24?,25?/m1/s1. The topological polar surface area (TPSA) is 87.4 Å². The molecule has 0 radical (unpaired) electrons. The largest absolute Gasteiger partial charge is 0.490 e. The van der Waals surface area contributed by atoms with E-state index < -0.39 is 36.0 Å². The van der Waals surface area contributed by atoms with Gasteiger partial charge < -0.3 is 19.4 Å². The monoisotopic (exact) mass is 484 g/mol. The first-order chi connectivity index (χ1) is 16.7. The molecule has 35 heavy (non-hydrogen) atoms. The maximum absolute atomic E-state index is 13.5. The lowest BCUT2D eigenvalue weighted by molar-refractivity contribution is -0.0336. The average molecular weight is 485 g/mol. The number of aromatic nitrogens is 3. The molecule has 10 heteroatoms. The molecule has 2 bridgehead atoms. The first kappa shape index (κ1) is 22.2. The van der Waals surface area contributed by atoms with Crippen molar-refractivity contribution in [3.63, 3.8) is 0 Å². The number of anilines is 1. The number of nitrogens with one attached hydrogen (secondary N) is 1. The number of ether oxygens (including phenoxy) is 2. The Labute approximate surface area is 199 Å². The fourth-order valence-electron chi connectivity index (χ4n) is 5.32. The summed E-state index contributed by atoms with van der Waals surface area (Å²) in [6.45, 7) is 3.58. The summed E-state index contributed by atoms with van der Waals surface area (Å²) in [5, 5.41) is 8.08. The Kier molecular flexibility index (Phi) is 4.83. The molecule has 2 saturated heterocycles. The fourth-order valence-corrected chi connectivity index (χ4v) is 5.32. The predicted octanol–water partition coefficient (Wildman–Crippen LogP) is 3.75. The van der Waals surface area contributed by atoms with Gasteiger partial charge in [0.2, 0.25) is 0 Å². The van der Waals surface area contributed by atoms with Crippen LogP contribution in [0.3, 0.4) is 0 Å². The van der Waals surface area contributed by atoms with Crippen LogP contribution in [-0.4, -0.2) is 51.4 Å². The van der Waals surface area contributed by atoms with E-state index in [0.29, 0.717) is 42.5 Å². The van der Waals surface area contributed by atoms with Crippen molar-refractivity contribution in [2.45, 2.75) is 62.6 Å². The molecule has 184 valence electrons. The van der Waals surface area contributed by atoms with Crippen LogP contribution in [0.5, 0.6) is 5.75 Å². The minimum absolute atomic E-state index is 0.0712. The van der Waals surface area contributed by atoms with Gasteiger partial charge >= 0.3 is 0 Å². The number of carbonyl (C=O) groups is 1. The lowest BCUT2D eigenvalue weighted by atomic mass is 9.69. The van der Waals surface area contributed by atoms with Crippen LogP contribution in [0, 0.1) is 0 Å². The van der Waals surface area contributed by atoms with Crippen LogP contribution in [0.15, 0.2) is 41.5 Å². The molecule has 0 unspecified atom stereocenters. The Balaban J connectivity index is 1.34. The average Bonchev–Trinajstić information content (AvgIpc) is 3.16. The third-order valence-corrected chi connectivity index (χ3v) is 7.15. The van der Waals surface area contributed by atoms with Crippen LogP contribution in [0.25, 0.3) is 10.9 Å². The first-order valence-corrected chi connectivity index (χ1v) is 11.8. The van der Waals surface area contributed by atoms with Crippen molar-refractivity contribution in [1.82, 2.24) is 14.3 Å². The van der Waals surface area contributed by atoms with Crippen LogP contribution in [0.2, 0.25) is 0 Å². The van der Waals surface area contributed by atoms with E-state index in [2.05, 4.69) is 5.32 Å². The second-order valence-corrected chi connectivity index (χ2v) is 10.2. The van der Waals surface area contributed by atoms with Crippen molar-refractivity contribution in [2.75, 3.05) is 18.6 Å². The molecule has 8 nitrogen and oxygen atoms in total. The lowest BCUT2D eigenvalue weighted by Crippen LogP contribution is -2.52. The maximum atomic E-state index is 13.5. The summed E-state index contributed by atoms with van der Waals surface area (Å²) in [6.07, 6.45) is 3.54. The van der Waals surface area contributed by atoms with Gasteiger partial charge in [-0.2, -0.15) is 5.10 Å². The van der Waals surface area contributed by atoms with E-state index in [1.807, 2.05) is 24.7 Å². The molecule has 7 rings (SSSR count). The Bertz CT molecular complexity index is 1390. The molecule has 2 atom stereocenters. The van der Waals surface area contributed by atoms with E-state index in [4.69, 9.17) is 14.6 Å². The zero-order chi connectivity index (χ0) is 24.5. The number of hydrogen-bond acceptors (Lipinski definition) is 5. The molecule has 1 amide bonds. The first-order valence-electron chi connectivity index (χ1n) is 11.8. The van der Waals surface area contributed by atoms with Gasteiger partial charge in [-0.3, -0.25) is 14.3 Å². The van der Waals surface area contributed by atoms with E-state index in [9.17, 15) is 18.4 Å². The van der Waals surface area contributed by atoms with Crippen LogP contribution >= 0.6 is 0 Å². The number of carbonyl (C=O) groups excluding carboxylic acids is 1. The molecule has 4 fully saturated rings. The summed E-state index contributed by atoms with van der Waals surface area (Å²) in [7, 11) is 0. The fraction of sp³-hybridized carbons (Fsp3) is 0.480. The quantitative estimate of drug-likeness (QED) is 0.552. The smallest absolute Gasteiger partial charge is 0.274 e. The summed E-state index contributed by atoms with van der Waals surface area (Å²) < 4.78 is 41.6. The molecule has 2 aliphatic carbocycles. The van der Waals surface area contributed by atoms with Crippen molar-refractivity contribution >= 4 is 22.5 Å². The summed E-state index contributed by atoms with van der Waals surface area (Å²) >= 11 is 0. The highest BCUT2D eigenvalue weighted by molar-refractivity contribution is 6.08. The van der Waals surface area contributed by atoms with Gasteiger partial charge in [-0.15, -0.1) is 0 Å². The molecule has 0 spiro atoms. The van der Waals surface area contributed by atoms with Gasteiger partial charge in [0.25, 0.3) is 11.5 Å². The Hall–Kier alpha value is -3.27. The number of rotatable bonds is 7. The molecule has 4 heterocycles. The van der Waals surface area contributed by atoms with Crippen LogP contribution in [0.4, 0.5) is 14.5 Å². The maximum Gasteiger partial charge on any atom is 0.274 e. The zero-order valence-electron chi connectivity index (χ0n) is 19.5. The summed E-state index contributed by atoms with van der Waals surface area (Å²) in [5.41, 5.74) is -0.558. The predicted molar refractivity (Wildman–Crippen MR) is 125 cm³/mol. The molecule has 2 aliphatic heterocycles. The second-order valence-electron chi connectivity index (χ2n) is 10.2. The highest BCUT2D eigenvalue weighted by atomic mass is 19.1. The Morgan fingerprint density at radius 3 is 2.80 bits per heavy atom. The van der Waals surface area contributed by atoms with E-state index in [0.717, 1.165) is 0 Å². The van der Waals surface area contributed by atoms with Gasteiger partial charge in [-0.1, -0.05) is 0 Å². The third-order valence-electron chi connectivity index (χ3n) is 7.15. The molecule has 2 saturated carbocycles. The van der Waals surface area contributed by atoms with E-state index in [1.165, 1.54) is 16.8 Å². The SMILES string of the molecule is CC(C)Oc1cc2nn(C34COC(CF)(C3)C4)cc2cc1C(=O)Nc1cccn([C@H]2C[C@H]2F)c1=O. The van der Waals surface area contributed by atoms with Crippen LogP contribution in [0.1, 0.15) is 49.5 Å². The van der Waals surface area contributed by atoms with Crippen LogP contribution in [-0.2, 0) is 10.3 Å². The molecule has 3 aromatic rings. The van der Waals surface area contributed by atoms with E-state index >= 15 is 0 Å². The highest BCUT2D eigenvalue weighted by Crippen LogP contribution is 2.56. The molecule has 2 aromatic heterocycles. The van der Waals surface area contributed by atoms with Crippen molar-refractivity contribution in [3.05, 3.63) is 52.6 Å². The summed E-state index contributed by atoms with van der Waals surface area (Å²) in [5.74, 6) is -0.176. The molecule has 1 aromatic carbocycles. The molecule has 4 aliphatic rings. The van der Waals surface area contributed by atoms with Crippen molar-refractivity contribution in [2.24, 2.45) is 0 Å². The van der Waals surface area contributed by atoms with Gasteiger partial charge in [0.15, 0.2) is 0 Å². The number of pyridine rings is 1. The normalized spacial score (nSPS) is 28.8. The number of amides is 1. The number of hydrogen-bond donors (Lipinski definition) is 1. The van der Waals surface area contributed by atoms with E-state index in [1.54, 1.807) is 18.2 Å². The van der Waals surface area contributed by atoms with E-state index in [-0.39, 0.29) is 22.9 Å². The van der Waals surface area contributed by atoms with Gasteiger partial charge in [0.05, 0.1) is 35.4 Å². The molecular formula is C25H26F2N4O4. The van der Waals surface area contributed by atoms with Crippen molar-refractivity contribution in [1.29, 1.82) is 0 Å². The Morgan fingerprint density at radius 2 is 2.14 bits per heavy atom. The van der Waals surface area contributed by atoms with Gasteiger partial charge in [0, 0.05) is 43.1 Å². The molecule has 1 N–H and O–H groups in total. The van der Waals surface area contributed by atoms with Crippen molar-refractivity contribution in [3.8, 4) is 5.75 Å². The number of halogens is 2. The third kappa shape index (κ3) is 3.53. The number of nitrogens with zero attached hydrogens (tertiary/aromatic N) is 3. The summed E-state index contributed by atoms with van der Waals surface area (Å²) in [4.78, 5) is 26.1. The summed E-state index contributed by atoms with van der Waals surface area (Å²) in [6, 6.07) is 6.01. The number of benzene rings is 1. The zero-order valence-corrected chi connectivity index (χ0v) is 19.5. The second kappa shape index (κ2) is 7.61. The minimum Gasteiger partial charge on any atom is -0.490 e. The minimum atomic E-state index is -1.04. The number of alkyl halides is 2. The Morgan fingerprint density at radius 1 is 1.37 bits per heavy atom. The van der Waals surface area contributed by atoms with Gasteiger partial charge in [-0.25, -0.2) is 8.78 Å². The number of fused-ring (bicyclic) bond motifs is 2. The van der Waals surface area contributed by atoms with Gasteiger partial charge in [0.1, 0.15) is 29.9 Å². The molecular weight excluding hydrogens is 458 g/mol. The highest BCUT2D eigenvalue weighted by Gasteiger charge is 2.64.